The van der Waals surface area contributed by atoms with Crippen LogP contribution in [0.1, 0.15) is 29.6 Å². The van der Waals surface area contributed by atoms with Gasteiger partial charge in [-0.3, -0.25) is 0 Å². The number of nitrogen functional groups attached to an aromatic ring is 1. The number of nitrogens with two attached hydrogens (primary N) is 1. The smallest absolute Gasteiger partial charge is 0.338 e. The Morgan fingerprint density at radius 3 is 2.74 bits per heavy atom. The highest BCUT2D eigenvalue weighted by atomic mass is 16.5. The summed E-state index contributed by atoms with van der Waals surface area (Å²) < 4.78 is 5.11. The van der Waals surface area contributed by atoms with Gasteiger partial charge in [-0.25, -0.2) is 4.79 Å². The van der Waals surface area contributed by atoms with Crippen LogP contribution in [0.15, 0.2) is 18.2 Å². The molecule has 0 spiro atoms. The fourth-order valence-corrected chi connectivity index (χ4v) is 1.64. The highest BCUT2D eigenvalue weighted by molar-refractivity contribution is 5.92. The number of carbonyl (C=O) groups excluding carboxylic acids is 1. The standard InChI is InChI=1S/C14H19N3O2/c1-17(2)13-7-6-11(10-12(13)16)14(18)19-9-5-3-4-8-15/h6-7,10H,3-5,9,16H2,1-2H3. The molecule has 0 radical (unpaired) electrons. The first-order valence-electron chi connectivity index (χ1n) is 6.17. The van der Waals surface area contributed by atoms with Crippen molar-refractivity contribution in [3.05, 3.63) is 23.8 Å². The Morgan fingerprint density at radius 2 is 2.16 bits per heavy atom. The lowest BCUT2D eigenvalue weighted by Gasteiger charge is -2.15. The van der Waals surface area contributed by atoms with Crippen LogP contribution < -0.4 is 10.6 Å². The largest absolute Gasteiger partial charge is 0.462 e. The van der Waals surface area contributed by atoms with E-state index in [1.165, 1.54) is 0 Å². The minimum atomic E-state index is -0.381. The molecule has 5 heteroatoms. The van der Waals surface area contributed by atoms with Crippen LogP contribution in [-0.2, 0) is 4.74 Å². The summed E-state index contributed by atoms with van der Waals surface area (Å²) in [5.41, 5.74) is 7.73. The number of carbonyl (C=O) groups is 1. The summed E-state index contributed by atoms with van der Waals surface area (Å²) >= 11 is 0. The molecule has 1 aromatic carbocycles. The normalized spacial score (nSPS) is 9.74. The molecule has 0 aromatic heterocycles. The van der Waals surface area contributed by atoms with Crippen molar-refractivity contribution in [3.63, 3.8) is 0 Å². The van der Waals surface area contributed by atoms with E-state index in [0.29, 0.717) is 30.7 Å². The van der Waals surface area contributed by atoms with E-state index in [4.69, 9.17) is 15.7 Å². The van der Waals surface area contributed by atoms with Crippen LogP contribution in [0.2, 0.25) is 0 Å². The summed E-state index contributed by atoms with van der Waals surface area (Å²) in [4.78, 5) is 13.6. The third kappa shape index (κ3) is 4.51. The van der Waals surface area contributed by atoms with Gasteiger partial charge in [-0.15, -0.1) is 0 Å². The van der Waals surface area contributed by atoms with E-state index >= 15 is 0 Å². The molecule has 2 N–H and O–H groups in total. The van der Waals surface area contributed by atoms with E-state index in [1.807, 2.05) is 19.0 Å². The Kier molecular flexibility index (Phi) is 5.68. The van der Waals surface area contributed by atoms with Gasteiger partial charge < -0.3 is 15.4 Å². The van der Waals surface area contributed by atoms with Gasteiger partial charge >= 0.3 is 5.97 Å². The van der Waals surface area contributed by atoms with E-state index in [-0.39, 0.29) is 5.97 Å². The molecule has 0 atom stereocenters. The molecule has 0 aliphatic carbocycles. The molecule has 0 bridgehead atoms. The van der Waals surface area contributed by atoms with Gasteiger partial charge in [0.1, 0.15) is 0 Å². The van der Waals surface area contributed by atoms with Gasteiger partial charge in [0.15, 0.2) is 0 Å². The molecule has 1 aromatic rings. The van der Waals surface area contributed by atoms with Gasteiger partial charge in [-0.05, 0) is 31.0 Å². The van der Waals surface area contributed by atoms with Gasteiger partial charge in [0, 0.05) is 20.5 Å². The number of benzene rings is 1. The van der Waals surface area contributed by atoms with Crippen molar-refractivity contribution < 1.29 is 9.53 Å². The number of rotatable bonds is 6. The van der Waals surface area contributed by atoms with Crippen molar-refractivity contribution in [2.75, 3.05) is 31.3 Å². The average molecular weight is 261 g/mol. The number of ether oxygens (including phenoxy) is 1. The molecule has 0 amide bonds. The minimum absolute atomic E-state index is 0.329. The predicted octanol–water partition coefficient (Wildman–Crippen LogP) is 2.19. The first kappa shape index (κ1) is 14.8. The lowest BCUT2D eigenvalue weighted by molar-refractivity contribution is 0.0499. The zero-order valence-electron chi connectivity index (χ0n) is 11.3. The third-order valence-electron chi connectivity index (χ3n) is 2.66. The summed E-state index contributed by atoms with van der Waals surface area (Å²) in [7, 11) is 3.78. The second-order valence-electron chi connectivity index (χ2n) is 4.42. The third-order valence-corrected chi connectivity index (χ3v) is 2.66. The number of unbranched alkanes of at least 4 members (excludes halogenated alkanes) is 2. The summed E-state index contributed by atoms with van der Waals surface area (Å²) in [6.07, 6.45) is 1.93. The molecule has 0 aliphatic rings. The van der Waals surface area contributed by atoms with Gasteiger partial charge in [-0.1, -0.05) is 0 Å². The summed E-state index contributed by atoms with van der Waals surface area (Å²) in [6, 6.07) is 7.16. The predicted molar refractivity (Wildman–Crippen MR) is 74.9 cm³/mol. The molecule has 19 heavy (non-hydrogen) atoms. The molecular formula is C14H19N3O2. The molecule has 0 saturated heterocycles. The van der Waals surface area contributed by atoms with Crippen molar-refractivity contribution in [1.29, 1.82) is 5.26 Å². The number of hydrogen-bond donors (Lipinski definition) is 1. The lowest BCUT2D eigenvalue weighted by Crippen LogP contribution is -2.12. The van der Waals surface area contributed by atoms with Gasteiger partial charge in [0.25, 0.3) is 0 Å². The van der Waals surface area contributed by atoms with Crippen LogP contribution in [0.4, 0.5) is 11.4 Å². The van der Waals surface area contributed by atoms with Crippen LogP contribution in [0.3, 0.4) is 0 Å². The molecule has 0 aliphatic heterocycles. The number of esters is 1. The topological polar surface area (TPSA) is 79.3 Å². The van der Waals surface area contributed by atoms with Crippen molar-refractivity contribution in [3.8, 4) is 6.07 Å². The maximum Gasteiger partial charge on any atom is 0.338 e. The van der Waals surface area contributed by atoms with Crippen LogP contribution in [0.25, 0.3) is 0 Å². The van der Waals surface area contributed by atoms with Gasteiger partial charge in [0.2, 0.25) is 0 Å². The van der Waals surface area contributed by atoms with Crippen LogP contribution in [0.5, 0.6) is 0 Å². The van der Waals surface area contributed by atoms with E-state index in [0.717, 1.165) is 12.1 Å². The van der Waals surface area contributed by atoms with Crippen LogP contribution in [0, 0.1) is 11.3 Å². The SMILES string of the molecule is CN(C)c1ccc(C(=O)OCCCCC#N)cc1N. The molecule has 0 saturated carbocycles. The monoisotopic (exact) mass is 261 g/mol. The van der Waals surface area contributed by atoms with E-state index < -0.39 is 0 Å². The Bertz CT molecular complexity index is 478. The number of nitrogens with zero attached hydrogens (tertiary/aromatic N) is 2. The highest BCUT2D eigenvalue weighted by Gasteiger charge is 2.10. The van der Waals surface area contributed by atoms with Crippen molar-refractivity contribution >= 4 is 17.3 Å². The van der Waals surface area contributed by atoms with E-state index in [2.05, 4.69) is 6.07 Å². The Labute approximate surface area is 113 Å². The maximum absolute atomic E-state index is 11.8. The van der Waals surface area contributed by atoms with Gasteiger partial charge in [-0.2, -0.15) is 5.26 Å². The fraction of sp³-hybridized carbons (Fsp3) is 0.429. The Morgan fingerprint density at radius 1 is 1.42 bits per heavy atom. The van der Waals surface area contributed by atoms with Crippen LogP contribution >= 0.6 is 0 Å². The Balaban J connectivity index is 2.54. The van der Waals surface area contributed by atoms with Crippen molar-refractivity contribution in [2.45, 2.75) is 19.3 Å². The van der Waals surface area contributed by atoms with Crippen LogP contribution in [-0.4, -0.2) is 26.7 Å². The van der Waals surface area contributed by atoms with E-state index in [1.54, 1.807) is 18.2 Å². The first-order chi connectivity index (χ1) is 9.06. The fourth-order valence-electron chi connectivity index (χ4n) is 1.64. The Hall–Kier alpha value is -2.22. The zero-order chi connectivity index (χ0) is 14.3. The molecular weight excluding hydrogens is 242 g/mol. The zero-order valence-corrected chi connectivity index (χ0v) is 11.3. The van der Waals surface area contributed by atoms with E-state index in [9.17, 15) is 4.79 Å². The number of hydrogen-bond acceptors (Lipinski definition) is 5. The minimum Gasteiger partial charge on any atom is -0.462 e. The summed E-state index contributed by atoms with van der Waals surface area (Å²) in [5.74, 6) is -0.381. The second kappa shape index (κ2) is 7.27. The van der Waals surface area contributed by atoms with Gasteiger partial charge in [0.05, 0.1) is 29.6 Å². The lowest BCUT2D eigenvalue weighted by atomic mass is 10.1. The molecule has 0 unspecified atom stereocenters. The quantitative estimate of drug-likeness (QED) is 0.482. The van der Waals surface area contributed by atoms with Crippen molar-refractivity contribution in [1.82, 2.24) is 0 Å². The maximum atomic E-state index is 11.8. The number of anilines is 2. The second-order valence-corrected chi connectivity index (χ2v) is 4.42. The average Bonchev–Trinajstić information content (AvgIpc) is 2.37. The molecule has 0 heterocycles. The number of nitriles is 1. The summed E-state index contributed by atoms with van der Waals surface area (Å²) in [5, 5.41) is 8.38. The van der Waals surface area contributed by atoms with Crippen molar-refractivity contribution in [2.24, 2.45) is 0 Å². The molecule has 5 nitrogen and oxygen atoms in total. The summed E-state index contributed by atoms with van der Waals surface area (Å²) in [6.45, 7) is 0.329. The molecule has 1 rings (SSSR count). The molecule has 102 valence electrons. The molecule has 0 fully saturated rings. The highest BCUT2D eigenvalue weighted by Crippen LogP contribution is 2.22. The first-order valence-corrected chi connectivity index (χ1v) is 6.17.